The molecular formula is C18H20FN3OS. The topological polar surface area (TPSA) is 60.9 Å². The molecule has 0 saturated carbocycles. The van der Waals surface area contributed by atoms with Crippen LogP contribution in [-0.4, -0.2) is 21.3 Å². The second kappa shape index (κ2) is 7.70. The normalized spacial score (nSPS) is 13.8. The van der Waals surface area contributed by atoms with Crippen molar-refractivity contribution in [1.82, 2.24) is 15.5 Å². The molecule has 2 aromatic heterocycles. The number of nitrogens with one attached hydrogen (secondary N) is 2. The average Bonchev–Trinajstić information content (AvgIpc) is 3.25. The molecule has 0 bridgehead atoms. The van der Waals surface area contributed by atoms with E-state index in [0.29, 0.717) is 24.2 Å². The number of aromatic nitrogens is 2. The average molecular weight is 345 g/mol. The highest BCUT2D eigenvalue weighted by atomic mass is 32.1. The number of rotatable bonds is 7. The lowest BCUT2D eigenvalue weighted by molar-refractivity contribution is 0.157. The number of benzene rings is 1. The van der Waals surface area contributed by atoms with Crippen LogP contribution in [0.5, 0.6) is 0 Å². The van der Waals surface area contributed by atoms with Gasteiger partial charge in [0.05, 0.1) is 18.0 Å². The maximum absolute atomic E-state index is 14.0. The van der Waals surface area contributed by atoms with Crippen molar-refractivity contribution in [2.45, 2.75) is 32.0 Å². The van der Waals surface area contributed by atoms with E-state index in [-0.39, 0.29) is 11.9 Å². The number of thiophene rings is 1. The summed E-state index contributed by atoms with van der Waals surface area (Å²) < 4.78 is 14.0. The minimum absolute atomic E-state index is 0.116. The summed E-state index contributed by atoms with van der Waals surface area (Å²) in [4.78, 5) is 0.971. The van der Waals surface area contributed by atoms with Gasteiger partial charge >= 0.3 is 0 Å². The zero-order chi connectivity index (χ0) is 16.9. The van der Waals surface area contributed by atoms with Crippen LogP contribution < -0.4 is 5.32 Å². The van der Waals surface area contributed by atoms with Gasteiger partial charge in [0.2, 0.25) is 0 Å². The molecule has 0 fully saturated rings. The van der Waals surface area contributed by atoms with E-state index in [1.165, 1.54) is 6.07 Å². The molecule has 2 unspecified atom stereocenters. The second-order valence-corrected chi connectivity index (χ2v) is 6.78. The number of aliphatic hydroxyl groups is 1. The molecule has 0 aliphatic rings. The molecule has 1 aromatic carbocycles. The number of aromatic amines is 1. The van der Waals surface area contributed by atoms with Crippen molar-refractivity contribution in [3.63, 3.8) is 0 Å². The fraction of sp³-hybridized carbons (Fsp3) is 0.278. The number of hydrogen-bond donors (Lipinski definition) is 3. The lowest BCUT2D eigenvalue weighted by atomic mass is 10.1. The van der Waals surface area contributed by atoms with E-state index in [1.54, 1.807) is 35.7 Å². The lowest BCUT2D eigenvalue weighted by Gasteiger charge is -2.17. The van der Waals surface area contributed by atoms with Gasteiger partial charge in [0.15, 0.2) is 0 Å². The Balaban J connectivity index is 1.61. The molecule has 4 nitrogen and oxygen atoms in total. The Kier molecular flexibility index (Phi) is 5.40. The molecule has 3 N–H and O–H groups in total. The first-order valence-corrected chi connectivity index (χ1v) is 8.75. The molecule has 24 heavy (non-hydrogen) atoms. The Hall–Kier alpha value is -2.02. The quantitative estimate of drug-likeness (QED) is 0.609. The van der Waals surface area contributed by atoms with Crippen LogP contribution in [0.25, 0.3) is 11.3 Å². The largest absolute Gasteiger partial charge is 0.388 e. The number of nitrogens with zero attached hydrogens (tertiary/aromatic N) is 1. The molecule has 0 spiro atoms. The SMILES string of the molecule is CC(CC(O)c1cccs1)NCc1cn[nH]c1-c1ccccc1F. The van der Waals surface area contributed by atoms with Crippen LogP contribution in [0.4, 0.5) is 4.39 Å². The first kappa shape index (κ1) is 16.8. The molecule has 0 saturated heterocycles. The highest BCUT2D eigenvalue weighted by molar-refractivity contribution is 7.10. The van der Waals surface area contributed by atoms with E-state index in [1.807, 2.05) is 24.4 Å². The van der Waals surface area contributed by atoms with Gasteiger partial charge in [-0.1, -0.05) is 18.2 Å². The summed E-state index contributed by atoms with van der Waals surface area (Å²) >= 11 is 1.56. The number of halogens is 1. The van der Waals surface area contributed by atoms with Crippen LogP contribution in [0, 0.1) is 5.82 Å². The molecular weight excluding hydrogens is 325 g/mol. The van der Waals surface area contributed by atoms with E-state index in [4.69, 9.17) is 0 Å². The Morgan fingerprint density at radius 1 is 1.29 bits per heavy atom. The summed E-state index contributed by atoms with van der Waals surface area (Å²) in [6.07, 6.45) is 1.85. The molecule has 0 amide bonds. The molecule has 6 heteroatoms. The smallest absolute Gasteiger partial charge is 0.132 e. The minimum Gasteiger partial charge on any atom is -0.388 e. The number of hydrogen-bond acceptors (Lipinski definition) is 4. The highest BCUT2D eigenvalue weighted by Crippen LogP contribution is 2.25. The zero-order valence-electron chi connectivity index (χ0n) is 13.4. The molecule has 3 rings (SSSR count). The van der Waals surface area contributed by atoms with Crippen LogP contribution in [0.15, 0.2) is 48.0 Å². The van der Waals surface area contributed by atoms with Crippen molar-refractivity contribution in [3.8, 4) is 11.3 Å². The van der Waals surface area contributed by atoms with E-state index in [9.17, 15) is 9.50 Å². The van der Waals surface area contributed by atoms with Crippen molar-refractivity contribution in [1.29, 1.82) is 0 Å². The minimum atomic E-state index is -0.470. The van der Waals surface area contributed by atoms with Crippen molar-refractivity contribution in [2.75, 3.05) is 0 Å². The molecule has 0 aliphatic carbocycles. The summed E-state index contributed by atoms with van der Waals surface area (Å²) in [6, 6.07) is 10.6. The van der Waals surface area contributed by atoms with Gasteiger partial charge in [-0.3, -0.25) is 5.10 Å². The van der Waals surface area contributed by atoms with Gasteiger partial charge in [-0.25, -0.2) is 4.39 Å². The Labute approximate surface area is 144 Å². The fourth-order valence-corrected chi connectivity index (χ4v) is 3.37. The standard InChI is InChI=1S/C18H20FN3OS/c1-12(9-16(23)17-7-4-8-24-17)20-10-13-11-21-22-18(13)14-5-2-3-6-15(14)19/h2-8,11-12,16,20,23H,9-10H2,1H3,(H,21,22). The Morgan fingerprint density at radius 2 is 2.12 bits per heavy atom. The molecule has 2 atom stereocenters. The molecule has 0 radical (unpaired) electrons. The monoisotopic (exact) mass is 345 g/mol. The fourth-order valence-electron chi connectivity index (χ4n) is 2.64. The van der Waals surface area contributed by atoms with Gasteiger partial charge in [-0.2, -0.15) is 5.10 Å². The highest BCUT2D eigenvalue weighted by Gasteiger charge is 2.15. The van der Waals surface area contributed by atoms with Crippen LogP contribution in [0.1, 0.15) is 29.9 Å². The summed E-state index contributed by atoms with van der Waals surface area (Å²) in [7, 11) is 0. The van der Waals surface area contributed by atoms with E-state index in [0.717, 1.165) is 10.4 Å². The summed E-state index contributed by atoms with van der Waals surface area (Å²) in [5, 5.41) is 22.5. The van der Waals surface area contributed by atoms with Crippen LogP contribution in [0.3, 0.4) is 0 Å². The lowest BCUT2D eigenvalue weighted by Crippen LogP contribution is -2.27. The Bertz CT molecular complexity index is 772. The van der Waals surface area contributed by atoms with Gasteiger partial charge in [-0.05, 0) is 36.9 Å². The van der Waals surface area contributed by atoms with Crippen molar-refractivity contribution < 1.29 is 9.50 Å². The summed E-state index contributed by atoms with van der Waals surface area (Å²) in [6.45, 7) is 2.58. The van der Waals surface area contributed by atoms with Crippen molar-refractivity contribution >= 4 is 11.3 Å². The van der Waals surface area contributed by atoms with Gasteiger partial charge in [0.1, 0.15) is 5.82 Å². The predicted octanol–water partition coefficient (Wildman–Crippen LogP) is 3.88. The zero-order valence-corrected chi connectivity index (χ0v) is 14.2. The van der Waals surface area contributed by atoms with Gasteiger partial charge in [0, 0.05) is 28.6 Å². The van der Waals surface area contributed by atoms with Crippen LogP contribution in [0.2, 0.25) is 0 Å². The summed E-state index contributed by atoms with van der Waals surface area (Å²) in [5.41, 5.74) is 2.10. The molecule has 126 valence electrons. The summed E-state index contributed by atoms with van der Waals surface area (Å²) in [5.74, 6) is -0.274. The number of aliphatic hydroxyl groups excluding tert-OH is 1. The van der Waals surface area contributed by atoms with E-state index < -0.39 is 6.10 Å². The first-order valence-electron chi connectivity index (χ1n) is 7.87. The van der Waals surface area contributed by atoms with E-state index in [2.05, 4.69) is 15.5 Å². The third kappa shape index (κ3) is 3.90. The Morgan fingerprint density at radius 3 is 2.88 bits per heavy atom. The van der Waals surface area contributed by atoms with Crippen molar-refractivity contribution in [3.05, 3.63) is 64.2 Å². The second-order valence-electron chi connectivity index (χ2n) is 5.80. The third-order valence-corrected chi connectivity index (χ3v) is 4.92. The van der Waals surface area contributed by atoms with Gasteiger partial charge < -0.3 is 10.4 Å². The maximum atomic E-state index is 14.0. The first-order chi connectivity index (χ1) is 11.6. The maximum Gasteiger partial charge on any atom is 0.132 e. The molecule has 2 heterocycles. The van der Waals surface area contributed by atoms with Gasteiger partial charge in [0.25, 0.3) is 0 Å². The van der Waals surface area contributed by atoms with Gasteiger partial charge in [-0.15, -0.1) is 11.3 Å². The predicted molar refractivity (Wildman–Crippen MR) is 94.2 cm³/mol. The third-order valence-electron chi connectivity index (χ3n) is 3.95. The molecule has 0 aliphatic heterocycles. The number of H-pyrrole nitrogens is 1. The molecule has 3 aromatic rings. The van der Waals surface area contributed by atoms with Crippen LogP contribution in [-0.2, 0) is 6.54 Å². The van der Waals surface area contributed by atoms with Crippen molar-refractivity contribution in [2.24, 2.45) is 0 Å². The van der Waals surface area contributed by atoms with Crippen LogP contribution >= 0.6 is 11.3 Å². The van der Waals surface area contributed by atoms with E-state index >= 15 is 0 Å².